The first kappa shape index (κ1) is 18.1. The molecule has 1 atom stereocenters. The molecule has 0 saturated carbocycles. The number of benzene rings is 1. The molecule has 22 heavy (non-hydrogen) atoms. The largest absolute Gasteiger partial charge is 0.495 e. The van der Waals surface area contributed by atoms with Gasteiger partial charge in [-0.2, -0.15) is 0 Å². The molecule has 6 nitrogen and oxygen atoms in total. The topological polar surface area (TPSA) is 84.9 Å². The van der Waals surface area contributed by atoms with Crippen molar-refractivity contribution in [2.45, 2.75) is 38.8 Å². The Labute approximate surface area is 134 Å². The average Bonchev–Trinajstić information content (AvgIpc) is 2.35. The van der Waals surface area contributed by atoms with E-state index in [1.54, 1.807) is 39.0 Å². The minimum atomic E-state index is -1.15. The van der Waals surface area contributed by atoms with Gasteiger partial charge in [0.05, 0.1) is 12.1 Å². The number of carboxylic acids is 1. The molecule has 0 bridgehead atoms. The summed E-state index contributed by atoms with van der Waals surface area (Å²) in [4.78, 5) is 23.0. The minimum absolute atomic E-state index is 0.0816. The van der Waals surface area contributed by atoms with E-state index in [1.165, 1.54) is 7.11 Å². The second-order valence-corrected chi connectivity index (χ2v) is 6.12. The van der Waals surface area contributed by atoms with Crippen molar-refractivity contribution in [1.82, 2.24) is 5.32 Å². The molecule has 0 spiro atoms. The van der Waals surface area contributed by atoms with Gasteiger partial charge in [-0.1, -0.05) is 17.7 Å². The lowest BCUT2D eigenvalue weighted by molar-refractivity contribution is -0.139. The van der Waals surface area contributed by atoms with Gasteiger partial charge in [0.1, 0.15) is 17.4 Å². The number of hydrogen-bond donors (Lipinski definition) is 2. The van der Waals surface area contributed by atoms with Crippen LogP contribution in [-0.4, -0.2) is 35.9 Å². The van der Waals surface area contributed by atoms with Gasteiger partial charge in [-0.05, 0) is 38.5 Å². The number of ether oxygens (including phenoxy) is 2. The summed E-state index contributed by atoms with van der Waals surface area (Å²) >= 11 is 6.00. The molecule has 0 aliphatic heterocycles. The Morgan fingerprint density at radius 1 is 1.36 bits per heavy atom. The number of halogens is 1. The van der Waals surface area contributed by atoms with Crippen LogP contribution < -0.4 is 10.1 Å². The normalized spacial score (nSPS) is 12.4. The summed E-state index contributed by atoms with van der Waals surface area (Å²) < 4.78 is 10.1. The third-order valence-electron chi connectivity index (χ3n) is 2.65. The fourth-order valence-electron chi connectivity index (χ4n) is 1.72. The number of carbonyl (C=O) groups excluding carboxylic acids is 1. The van der Waals surface area contributed by atoms with Crippen LogP contribution in [0.2, 0.25) is 5.02 Å². The van der Waals surface area contributed by atoms with Crippen molar-refractivity contribution in [2.75, 3.05) is 7.11 Å². The van der Waals surface area contributed by atoms with Crippen LogP contribution in [0.5, 0.6) is 5.75 Å². The maximum absolute atomic E-state index is 11.7. The predicted molar refractivity (Wildman–Crippen MR) is 82.5 cm³/mol. The second kappa shape index (κ2) is 7.35. The van der Waals surface area contributed by atoms with Crippen molar-refractivity contribution in [2.24, 2.45) is 0 Å². The molecule has 0 aliphatic carbocycles. The van der Waals surface area contributed by atoms with Gasteiger partial charge < -0.3 is 19.9 Å². The zero-order valence-electron chi connectivity index (χ0n) is 13.0. The molecular formula is C15H20ClNO5. The van der Waals surface area contributed by atoms with Gasteiger partial charge >= 0.3 is 12.1 Å². The van der Waals surface area contributed by atoms with E-state index in [-0.39, 0.29) is 6.42 Å². The first-order chi connectivity index (χ1) is 10.1. The van der Waals surface area contributed by atoms with Crippen molar-refractivity contribution in [3.05, 3.63) is 28.8 Å². The number of rotatable bonds is 5. The standard InChI is InChI=1S/C15H20ClNO5/c1-15(2,3)22-14(20)17-11(13(18)19)8-9-5-6-12(21-4)10(16)7-9/h5-7,11H,8H2,1-4H3,(H,17,20)(H,18,19)/t11-/m1/s1. The highest BCUT2D eigenvalue weighted by Crippen LogP contribution is 2.25. The van der Waals surface area contributed by atoms with Gasteiger partial charge in [0.25, 0.3) is 0 Å². The van der Waals surface area contributed by atoms with Crippen LogP contribution in [-0.2, 0) is 16.0 Å². The van der Waals surface area contributed by atoms with Crippen LogP contribution in [0, 0.1) is 0 Å². The molecule has 0 unspecified atom stereocenters. The number of amides is 1. The first-order valence-electron chi connectivity index (χ1n) is 6.67. The molecule has 0 heterocycles. The van der Waals surface area contributed by atoms with E-state index in [9.17, 15) is 14.7 Å². The monoisotopic (exact) mass is 329 g/mol. The molecule has 2 N–H and O–H groups in total. The quantitative estimate of drug-likeness (QED) is 0.867. The zero-order chi connectivity index (χ0) is 16.9. The lowest BCUT2D eigenvalue weighted by Crippen LogP contribution is -2.44. The number of aliphatic carboxylic acids is 1. The molecule has 122 valence electrons. The third-order valence-corrected chi connectivity index (χ3v) is 2.94. The SMILES string of the molecule is COc1ccc(C[C@@H](NC(=O)OC(C)(C)C)C(=O)O)cc1Cl. The summed E-state index contributed by atoms with van der Waals surface area (Å²) in [6, 6.07) is 3.83. The summed E-state index contributed by atoms with van der Waals surface area (Å²) in [7, 11) is 1.49. The molecule has 0 saturated heterocycles. The van der Waals surface area contributed by atoms with E-state index in [0.717, 1.165) is 0 Å². The molecule has 0 fully saturated rings. The number of nitrogens with one attached hydrogen (secondary N) is 1. The Bertz CT molecular complexity index is 553. The Morgan fingerprint density at radius 3 is 2.45 bits per heavy atom. The first-order valence-corrected chi connectivity index (χ1v) is 7.05. The summed E-state index contributed by atoms with van der Waals surface area (Å²) in [5, 5.41) is 11.9. The molecule has 7 heteroatoms. The van der Waals surface area contributed by atoms with Crippen molar-refractivity contribution in [3.8, 4) is 5.75 Å². The van der Waals surface area contributed by atoms with Crippen molar-refractivity contribution < 1.29 is 24.2 Å². The highest BCUT2D eigenvalue weighted by atomic mass is 35.5. The van der Waals surface area contributed by atoms with Gasteiger partial charge in [0.15, 0.2) is 0 Å². The van der Waals surface area contributed by atoms with E-state index in [2.05, 4.69) is 5.32 Å². The Kier molecular flexibility index (Phi) is 6.05. The Morgan fingerprint density at radius 2 is 2.00 bits per heavy atom. The minimum Gasteiger partial charge on any atom is -0.495 e. The number of carbonyl (C=O) groups is 2. The molecule has 0 aromatic heterocycles. The summed E-state index contributed by atoms with van der Waals surface area (Å²) in [5.74, 6) is -0.657. The summed E-state index contributed by atoms with van der Waals surface area (Å²) in [6.07, 6.45) is -0.697. The molecule has 1 rings (SSSR count). The van der Waals surface area contributed by atoms with Gasteiger partial charge in [0.2, 0.25) is 0 Å². The Balaban J connectivity index is 2.78. The fourth-order valence-corrected chi connectivity index (χ4v) is 2.00. The third kappa shape index (κ3) is 5.81. The predicted octanol–water partition coefficient (Wildman–Crippen LogP) is 2.87. The van der Waals surface area contributed by atoms with Gasteiger partial charge in [-0.3, -0.25) is 0 Å². The summed E-state index contributed by atoms with van der Waals surface area (Å²) in [5.41, 5.74) is -0.0365. The van der Waals surface area contributed by atoms with Crippen molar-refractivity contribution >= 4 is 23.7 Å². The lowest BCUT2D eigenvalue weighted by atomic mass is 10.1. The lowest BCUT2D eigenvalue weighted by Gasteiger charge is -2.22. The number of alkyl carbamates (subject to hydrolysis) is 1. The maximum Gasteiger partial charge on any atom is 0.408 e. The van der Waals surface area contributed by atoms with Crippen LogP contribution in [0.4, 0.5) is 4.79 Å². The van der Waals surface area contributed by atoms with E-state index in [1.807, 2.05) is 0 Å². The van der Waals surface area contributed by atoms with Crippen LogP contribution in [0.1, 0.15) is 26.3 Å². The molecular weight excluding hydrogens is 310 g/mol. The number of methoxy groups -OCH3 is 1. The van der Waals surface area contributed by atoms with E-state index in [0.29, 0.717) is 16.3 Å². The smallest absolute Gasteiger partial charge is 0.408 e. The van der Waals surface area contributed by atoms with Crippen molar-refractivity contribution in [1.29, 1.82) is 0 Å². The molecule has 1 aromatic carbocycles. The molecule has 1 aromatic rings. The molecule has 0 aliphatic rings. The van der Waals surface area contributed by atoms with E-state index < -0.39 is 23.7 Å². The summed E-state index contributed by atoms with van der Waals surface area (Å²) in [6.45, 7) is 5.10. The number of carboxylic acid groups (broad SMARTS) is 1. The highest BCUT2D eigenvalue weighted by Gasteiger charge is 2.24. The van der Waals surface area contributed by atoms with Crippen LogP contribution in [0.3, 0.4) is 0 Å². The zero-order valence-corrected chi connectivity index (χ0v) is 13.7. The Hall–Kier alpha value is -1.95. The van der Waals surface area contributed by atoms with E-state index in [4.69, 9.17) is 21.1 Å². The second-order valence-electron chi connectivity index (χ2n) is 5.71. The van der Waals surface area contributed by atoms with Crippen molar-refractivity contribution in [3.63, 3.8) is 0 Å². The van der Waals surface area contributed by atoms with E-state index >= 15 is 0 Å². The van der Waals surface area contributed by atoms with Crippen LogP contribution >= 0.6 is 11.6 Å². The highest BCUT2D eigenvalue weighted by molar-refractivity contribution is 6.32. The van der Waals surface area contributed by atoms with Crippen LogP contribution in [0.15, 0.2) is 18.2 Å². The van der Waals surface area contributed by atoms with Gasteiger partial charge in [0, 0.05) is 6.42 Å². The molecule has 0 radical (unpaired) electrons. The van der Waals surface area contributed by atoms with Gasteiger partial charge in [-0.25, -0.2) is 9.59 Å². The maximum atomic E-state index is 11.7. The average molecular weight is 330 g/mol. The number of hydrogen-bond acceptors (Lipinski definition) is 4. The van der Waals surface area contributed by atoms with Gasteiger partial charge in [-0.15, -0.1) is 0 Å². The van der Waals surface area contributed by atoms with Crippen LogP contribution in [0.25, 0.3) is 0 Å². The molecule has 1 amide bonds. The fraction of sp³-hybridized carbons (Fsp3) is 0.467.